The summed E-state index contributed by atoms with van der Waals surface area (Å²) in [5, 5.41) is 0. The summed E-state index contributed by atoms with van der Waals surface area (Å²) in [5.41, 5.74) is 1.80. The molecule has 0 atom stereocenters. The van der Waals surface area contributed by atoms with E-state index < -0.39 is 12.0 Å². The fourth-order valence-corrected chi connectivity index (χ4v) is 5.44. The minimum absolute atomic E-state index is 0.0332. The van der Waals surface area contributed by atoms with Crippen molar-refractivity contribution in [3.8, 4) is 17.2 Å². The Morgan fingerprint density at radius 3 is 1.91 bits per heavy atom. The zero-order valence-electron chi connectivity index (χ0n) is 29.0. The number of benzene rings is 2. The lowest BCUT2D eigenvalue weighted by atomic mass is 10.1. The van der Waals surface area contributed by atoms with Gasteiger partial charge in [0.25, 0.3) is 5.91 Å². The normalized spacial score (nSPS) is 10.8. The number of pyridine rings is 1. The first-order valence-electron chi connectivity index (χ1n) is 17.4. The highest BCUT2D eigenvalue weighted by atomic mass is 16.6. The Kier molecular flexibility index (Phi) is 17.2. The van der Waals surface area contributed by atoms with Crippen molar-refractivity contribution in [2.24, 2.45) is 0 Å². The van der Waals surface area contributed by atoms with Crippen molar-refractivity contribution in [1.82, 2.24) is 4.90 Å². The number of unbranched alkanes of at least 4 members (excludes halogenated alkanes) is 11. The number of nitrogens with zero attached hydrogens (tertiary/aromatic N) is 2. The van der Waals surface area contributed by atoms with Crippen LogP contribution in [0.3, 0.4) is 0 Å². The number of ether oxygens (including phenoxy) is 4. The van der Waals surface area contributed by atoms with Gasteiger partial charge in [-0.2, -0.15) is 0 Å². The largest absolute Gasteiger partial charge is 0.496 e. The summed E-state index contributed by atoms with van der Waals surface area (Å²) in [6.45, 7) is 5.77. The van der Waals surface area contributed by atoms with Crippen molar-refractivity contribution in [1.29, 1.82) is 0 Å². The van der Waals surface area contributed by atoms with Gasteiger partial charge in [0, 0.05) is 12.1 Å². The first kappa shape index (κ1) is 37.4. The van der Waals surface area contributed by atoms with Crippen LogP contribution in [0.5, 0.6) is 17.2 Å². The van der Waals surface area contributed by atoms with Crippen molar-refractivity contribution in [3.63, 3.8) is 0 Å². The fourth-order valence-electron chi connectivity index (χ4n) is 5.44. The third kappa shape index (κ3) is 12.9. The average molecular weight is 648 g/mol. The molecule has 2 aromatic carbocycles. The van der Waals surface area contributed by atoms with Crippen LogP contribution in [0.4, 0.5) is 4.79 Å². The highest BCUT2D eigenvalue weighted by molar-refractivity contribution is 6.04. The van der Waals surface area contributed by atoms with Crippen molar-refractivity contribution < 1.29 is 33.1 Å². The van der Waals surface area contributed by atoms with Crippen LogP contribution in [0.15, 0.2) is 67.0 Å². The van der Waals surface area contributed by atoms with E-state index in [9.17, 15) is 9.59 Å². The molecule has 256 valence electrons. The zero-order chi connectivity index (χ0) is 33.7. The Morgan fingerprint density at radius 1 is 0.681 bits per heavy atom. The van der Waals surface area contributed by atoms with Gasteiger partial charge in [-0.3, -0.25) is 4.79 Å². The van der Waals surface area contributed by atoms with Crippen LogP contribution < -0.4 is 18.8 Å². The molecule has 0 unspecified atom stereocenters. The van der Waals surface area contributed by atoms with Gasteiger partial charge < -0.3 is 18.9 Å². The van der Waals surface area contributed by atoms with Gasteiger partial charge >= 0.3 is 6.09 Å². The molecular weight excluding hydrogens is 592 g/mol. The van der Waals surface area contributed by atoms with Crippen LogP contribution in [0.25, 0.3) is 0 Å². The standard InChI is InChI=1S/C39H55N2O6/c1-5-7-8-9-10-11-12-13-14-15-16-19-28-46-36-23-22-33(29-37(36)45-4)31-47-39(43)41(30-32-24-26-40(6-2)27-25-32)38(42)34-20-17-18-21-35(34)44-3/h17-18,20-27,29H,5-16,19,28,30-31H2,1-4H3/q+1. The number of carbonyl (C=O) groups excluding carboxylic acids is 2. The quantitative estimate of drug-likeness (QED) is 0.0800. The van der Waals surface area contributed by atoms with Gasteiger partial charge in [-0.1, -0.05) is 95.8 Å². The highest BCUT2D eigenvalue weighted by Gasteiger charge is 2.27. The number of carbonyl (C=O) groups is 2. The fraction of sp³-hybridized carbons (Fsp3) is 0.513. The van der Waals surface area contributed by atoms with Gasteiger partial charge in [0.1, 0.15) is 18.9 Å². The van der Waals surface area contributed by atoms with Gasteiger partial charge in [-0.05, 0) is 48.7 Å². The van der Waals surface area contributed by atoms with Crippen LogP contribution >= 0.6 is 0 Å². The van der Waals surface area contributed by atoms with E-state index in [1.165, 1.54) is 71.3 Å². The molecule has 0 aliphatic rings. The Morgan fingerprint density at radius 2 is 1.30 bits per heavy atom. The van der Waals surface area contributed by atoms with Crippen LogP contribution in [-0.2, 0) is 24.4 Å². The lowest BCUT2D eigenvalue weighted by Gasteiger charge is -2.21. The molecule has 0 saturated carbocycles. The second-order valence-electron chi connectivity index (χ2n) is 11.9. The molecular formula is C39H55N2O6+. The number of hydrogen-bond donors (Lipinski definition) is 0. The molecule has 0 spiro atoms. The zero-order valence-corrected chi connectivity index (χ0v) is 29.0. The van der Waals surface area contributed by atoms with Gasteiger partial charge in [-0.25, -0.2) is 14.3 Å². The van der Waals surface area contributed by atoms with Gasteiger partial charge in [-0.15, -0.1) is 0 Å². The van der Waals surface area contributed by atoms with Gasteiger partial charge in [0.05, 0.1) is 32.9 Å². The van der Waals surface area contributed by atoms with Crippen molar-refractivity contribution in [2.75, 3.05) is 20.8 Å². The van der Waals surface area contributed by atoms with Crippen molar-refractivity contribution in [3.05, 3.63) is 83.7 Å². The molecule has 3 aromatic rings. The molecule has 1 aromatic heterocycles. The van der Waals surface area contributed by atoms with E-state index in [4.69, 9.17) is 18.9 Å². The number of para-hydroxylation sites is 1. The smallest absolute Gasteiger partial charge is 0.417 e. The van der Waals surface area contributed by atoms with E-state index >= 15 is 0 Å². The average Bonchev–Trinajstić information content (AvgIpc) is 3.11. The van der Waals surface area contributed by atoms with Gasteiger partial charge in [0.2, 0.25) is 0 Å². The lowest BCUT2D eigenvalue weighted by molar-refractivity contribution is -0.693. The Bertz CT molecular complexity index is 1340. The molecule has 0 saturated heterocycles. The molecule has 0 N–H and O–H groups in total. The SMILES string of the molecule is CCCCCCCCCCCCCCOc1ccc(COC(=O)N(Cc2cc[n+](CC)cc2)C(=O)c2ccccc2OC)cc1OC. The van der Waals surface area contributed by atoms with Crippen LogP contribution in [0, 0.1) is 0 Å². The Hall–Kier alpha value is -4.07. The molecule has 3 rings (SSSR count). The second kappa shape index (κ2) is 21.7. The predicted molar refractivity (Wildman–Crippen MR) is 185 cm³/mol. The topological polar surface area (TPSA) is 78.2 Å². The molecule has 2 amide bonds. The van der Waals surface area contributed by atoms with E-state index in [0.29, 0.717) is 23.9 Å². The molecule has 0 aliphatic carbocycles. The lowest BCUT2D eigenvalue weighted by Crippen LogP contribution is -2.37. The first-order valence-corrected chi connectivity index (χ1v) is 17.4. The number of aryl methyl sites for hydroxylation is 1. The van der Waals surface area contributed by atoms with E-state index in [-0.39, 0.29) is 18.7 Å². The minimum Gasteiger partial charge on any atom is -0.496 e. The maximum absolute atomic E-state index is 13.6. The van der Waals surface area contributed by atoms with E-state index in [2.05, 4.69) is 6.92 Å². The van der Waals surface area contributed by atoms with Gasteiger partial charge in [0.15, 0.2) is 23.9 Å². The van der Waals surface area contributed by atoms with Crippen molar-refractivity contribution >= 4 is 12.0 Å². The summed E-state index contributed by atoms with van der Waals surface area (Å²) < 4.78 is 24.7. The first-order chi connectivity index (χ1) is 23.0. The summed E-state index contributed by atoms with van der Waals surface area (Å²) in [6.07, 6.45) is 18.6. The highest BCUT2D eigenvalue weighted by Crippen LogP contribution is 2.29. The van der Waals surface area contributed by atoms with Crippen molar-refractivity contribution in [2.45, 2.75) is 111 Å². The van der Waals surface area contributed by atoms with E-state index in [1.807, 2.05) is 48.1 Å². The maximum atomic E-state index is 13.6. The second-order valence-corrected chi connectivity index (χ2v) is 11.9. The molecule has 8 heteroatoms. The van der Waals surface area contributed by atoms with Crippen LogP contribution in [0.2, 0.25) is 0 Å². The third-order valence-corrected chi connectivity index (χ3v) is 8.31. The molecule has 0 radical (unpaired) electrons. The number of aromatic nitrogens is 1. The molecule has 0 fully saturated rings. The Labute approximate surface area is 282 Å². The monoisotopic (exact) mass is 647 g/mol. The Balaban J connectivity index is 1.50. The number of amides is 2. The maximum Gasteiger partial charge on any atom is 0.417 e. The number of rotatable bonds is 22. The molecule has 0 aliphatic heterocycles. The summed E-state index contributed by atoms with van der Waals surface area (Å²) in [7, 11) is 3.09. The predicted octanol–water partition coefficient (Wildman–Crippen LogP) is 9.07. The third-order valence-electron chi connectivity index (χ3n) is 8.31. The van der Waals surface area contributed by atoms with Crippen LogP contribution in [-0.4, -0.2) is 37.7 Å². The van der Waals surface area contributed by atoms with E-state index in [0.717, 1.165) is 35.4 Å². The minimum atomic E-state index is -0.751. The summed E-state index contributed by atoms with van der Waals surface area (Å²) in [6, 6.07) is 16.1. The number of imide groups is 1. The summed E-state index contributed by atoms with van der Waals surface area (Å²) >= 11 is 0. The van der Waals surface area contributed by atoms with Crippen LogP contribution in [0.1, 0.15) is 112 Å². The number of hydrogen-bond acceptors (Lipinski definition) is 6. The summed E-state index contributed by atoms with van der Waals surface area (Å²) in [4.78, 5) is 28.1. The number of methoxy groups -OCH3 is 2. The molecule has 47 heavy (non-hydrogen) atoms. The summed E-state index contributed by atoms with van der Waals surface area (Å²) in [5.74, 6) is 1.12. The molecule has 1 heterocycles. The molecule has 8 nitrogen and oxygen atoms in total. The molecule has 0 bridgehead atoms. The van der Waals surface area contributed by atoms with E-state index in [1.54, 1.807) is 37.4 Å².